The molecule has 1 saturated carbocycles. The second-order valence-electron chi connectivity index (χ2n) is 7.87. The van der Waals surface area contributed by atoms with Crippen LogP contribution in [0.2, 0.25) is 0 Å². The fraction of sp³-hybridized carbons (Fsp3) is 0.524. The molecule has 26 heavy (non-hydrogen) atoms. The van der Waals surface area contributed by atoms with E-state index >= 15 is 0 Å². The number of hydrogen-bond donors (Lipinski definition) is 1. The Morgan fingerprint density at radius 2 is 1.65 bits per heavy atom. The fourth-order valence-corrected chi connectivity index (χ4v) is 4.95. The van der Waals surface area contributed by atoms with E-state index in [4.69, 9.17) is 0 Å². The van der Waals surface area contributed by atoms with Crippen molar-refractivity contribution >= 4 is 17.6 Å². The molecule has 1 aliphatic heterocycles. The summed E-state index contributed by atoms with van der Waals surface area (Å²) in [6, 6.07) is 6.34. The van der Waals surface area contributed by atoms with E-state index in [2.05, 4.69) is 43.0 Å². The van der Waals surface area contributed by atoms with Crippen molar-refractivity contribution in [1.29, 1.82) is 0 Å². The monoisotopic (exact) mass is 354 g/mol. The molecular weight excluding hydrogens is 328 g/mol. The zero-order valence-electron chi connectivity index (χ0n) is 15.4. The van der Waals surface area contributed by atoms with Gasteiger partial charge in [0.1, 0.15) is 0 Å². The molecule has 4 atom stereocenters. The lowest BCUT2D eigenvalue weighted by Crippen LogP contribution is -2.52. The van der Waals surface area contributed by atoms with Gasteiger partial charge in [0.15, 0.2) is 0 Å². The van der Waals surface area contributed by atoms with Gasteiger partial charge in [-0.3, -0.25) is 9.59 Å². The molecule has 1 N–H and O–H groups in total. The maximum Gasteiger partial charge on any atom is 0.307 e. The molecule has 1 heterocycles. The number of allylic oxidation sites excluding steroid dienone is 2. The number of carboxylic acids is 1. The Morgan fingerprint density at radius 3 is 2.31 bits per heavy atom. The van der Waals surface area contributed by atoms with Crippen molar-refractivity contribution in [2.75, 3.05) is 31.1 Å². The number of nitrogens with zero attached hydrogens (tertiary/aromatic N) is 2. The van der Waals surface area contributed by atoms with Crippen LogP contribution in [-0.4, -0.2) is 48.1 Å². The van der Waals surface area contributed by atoms with Crippen molar-refractivity contribution in [3.63, 3.8) is 0 Å². The molecule has 1 aromatic rings. The third-order valence-corrected chi connectivity index (χ3v) is 6.54. The third-order valence-electron chi connectivity index (χ3n) is 6.54. The van der Waals surface area contributed by atoms with Crippen LogP contribution in [0.1, 0.15) is 17.5 Å². The van der Waals surface area contributed by atoms with E-state index in [0.717, 1.165) is 19.5 Å². The smallest absolute Gasteiger partial charge is 0.307 e. The normalized spacial score (nSPS) is 30.1. The van der Waals surface area contributed by atoms with Gasteiger partial charge in [0.2, 0.25) is 5.91 Å². The third kappa shape index (κ3) is 2.70. The van der Waals surface area contributed by atoms with Gasteiger partial charge in [-0.2, -0.15) is 0 Å². The van der Waals surface area contributed by atoms with Crippen molar-refractivity contribution in [2.45, 2.75) is 20.3 Å². The van der Waals surface area contributed by atoms with E-state index in [-0.39, 0.29) is 23.7 Å². The lowest BCUT2D eigenvalue weighted by molar-refractivity contribution is -0.151. The topological polar surface area (TPSA) is 60.9 Å². The van der Waals surface area contributed by atoms with E-state index in [1.54, 1.807) is 0 Å². The number of aliphatic carboxylic acids is 1. The molecule has 2 aliphatic carbocycles. The van der Waals surface area contributed by atoms with Crippen LogP contribution in [0, 0.1) is 37.5 Å². The van der Waals surface area contributed by atoms with Gasteiger partial charge >= 0.3 is 5.97 Å². The molecule has 0 aromatic heterocycles. The highest BCUT2D eigenvalue weighted by atomic mass is 16.4. The van der Waals surface area contributed by atoms with E-state index < -0.39 is 11.9 Å². The van der Waals surface area contributed by atoms with Crippen LogP contribution in [0.15, 0.2) is 30.4 Å². The number of fused-ring (bicyclic) bond motifs is 2. The summed E-state index contributed by atoms with van der Waals surface area (Å²) in [5.41, 5.74) is 3.80. The van der Waals surface area contributed by atoms with Crippen molar-refractivity contribution < 1.29 is 14.7 Å². The SMILES string of the molecule is Cc1cccc(N2CCN(C(=O)[C@H]3[C@@H](C(=O)O)[C@@H]4C=C[C@@H]3C4)CC2)c1C. The number of aryl methyl sites for hydroxylation is 1. The van der Waals surface area contributed by atoms with Crippen molar-refractivity contribution in [3.8, 4) is 0 Å². The summed E-state index contributed by atoms with van der Waals surface area (Å²) < 4.78 is 0. The van der Waals surface area contributed by atoms with Crippen LogP contribution in [-0.2, 0) is 9.59 Å². The number of amides is 1. The highest BCUT2D eigenvalue weighted by Crippen LogP contribution is 2.48. The molecule has 2 fully saturated rings. The van der Waals surface area contributed by atoms with Crippen LogP contribution in [0.3, 0.4) is 0 Å². The quantitative estimate of drug-likeness (QED) is 0.847. The number of carbonyl (C=O) groups excluding carboxylic acids is 1. The molecule has 1 amide bonds. The standard InChI is InChI=1S/C21H26N2O3/c1-13-4-3-5-17(14(13)2)22-8-10-23(11-9-22)20(24)18-15-6-7-16(12-15)19(18)21(25)26/h3-7,15-16,18-19H,8-12H2,1-2H3,(H,25,26)/t15-,16-,18-,19+/m1/s1. The van der Waals surface area contributed by atoms with Gasteiger partial charge in [-0.15, -0.1) is 0 Å². The molecule has 1 aromatic carbocycles. The zero-order chi connectivity index (χ0) is 18.4. The molecule has 3 aliphatic rings. The Bertz CT molecular complexity index is 765. The average molecular weight is 354 g/mol. The van der Waals surface area contributed by atoms with Crippen molar-refractivity contribution in [3.05, 3.63) is 41.5 Å². The molecule has 5 heteroatoms. The van der Waals surface area contributed by atoms with Crippen LogP contribution in [0.4, 0.5) is 5.69 Å². The van der Waals surface area contributed by atoms with Crippen LogP contribution < -0.4 is 4.90 Å². The first kappa shape index (κ1) is 17.1. The van der Waals surface area contributed by atoms with Gasteiger partial charge in [-0.1, -0.05) is 24.3 Å². The highest BCUT2D eigenvalue weighted by Gasteiger charge is 2.52. The van der Waals surface area contributed by atoms with Gasteiger partial charge in [0.05, 0.1) is 11.8 Å². The van der Waals surface area contributed by atoms with Crippen LogP contribution >= 0.6 is 0 Å². The summed E-state index contributed by atoms with van der Waals surface area (Å²) in [5.74, 6) is -1.58. The summed E-state index contributed by atoms with van der Waals surface area (Å²) in [4.78, 5) is 29.0. The fourth-order valence-electron chi connectivity index (χ4n) is 4.95. The summed E-state index contributed by atoms with van der Waals surface area (Å²) in [5, 5.41) is 9.59. The zero-order valence-corrected chi connectivity index (χ0v) is 15.4. The minimum Gasteiger partial charge on any atom is -0.481 e. The predicted octanol–water partition coefficient (Wildman–Crippen LogP) is 2.47. The predicted molar refractivity (Wildman–Crippen MR) is 100 cm³/mol. The lowest BCUT2D eigenvalue weighted by atomic mass is 9.82. The molecule has 0 radical (unpaired) electrons. The number of anilines is 1. The first-order chi connectivity index (χ1) is 12.5. The molecular formula is C21H26N2O3. The van der Waals surface area contributed by atoms with E-state index in [1.807, 2.05) is 11.0 Å². The van der Waals surface area contributed by atoms with Crippen LogP contribution in [0.5, 0.6) is 0 Å². The number of piperazine rings is 1. The Hall–Kier alpha value is -2.30. The van der Waals surface area contributed by atoms with Gasteiger partial charge < -0.3 is 14.9 Å². The number of carboxylic acid groups (broad SMARTS) is 1. The molecule has 2 bridgehead atoms. The number of carbonyl (C=O) groups is 2. The van der Waals surface area contributed by atoms with Crippen LogP contribution in [0.25, 0.3) is 0 Å². The molecule has 0 spiro atoms. The molecule has 1 saturated heterocycles. The minimum absolute atomic E-state index is 0.0303. The van der Waals surface area contributed by atoms with Gasteiger partial charge in [-0.05, 0) is 49.3 Å². The number of rotatable bonds is 3. The Labute approximate surface area is 154 Å². The molecule has 138 valence electrons. The van der Waals surface area contributed by atoms with Crippen molar-refractivity contribution in [2.24, 2.45) is 23.7 Å². The van der Waals surface area contributed by atoms with Crippen molar-refractivity contribution in [1.82, 2.24) is 4.90 Å². The Morgan fingerprint density at radius 1 is 1.00 bits per heavy atom. The molecule has 5 nitrogen and oxygen atoms in total. The second kappa shape index (κ2) is 6.45. The molecule has 0 unspecified atom stereocenters. The Kier molecular flexibility index (Phi) is 4.25. The second-order valence-corrected chi connectivity index (χ2v) is 7.87. The Balaban J connectivity index is 1.45. The maximum atomic E-state index is 13.1. The summed E-state index contributed by atoms with van der Waals surface area (Å²) in [6.45, 7) is 7.18. The molecule has 4 rings (SSSR count). The minimum atomic E-state index is -0.825. The summed E-state index contributed by atoms with van der Waals surface area (Å²) in [6.07, 6.45) is 4.86. The number of hydrogen-bond acceptors (Lipinski definition) is 3. The number of benzene rings is 1. The average Bonchev–Trinajstić information content (AvgIpc) is 3.25. The van der Waals surface area contributed by atoms with E-state index in [1.165, 1.54) is 16.8 Å². The largest absolute Gasteiger partial charge is 0.481 e. The van der Waals surface area contributed by atoms with E-state index in [9.17, 15) is 14.7 Å². The summed E-state index contributed by atoms with van der Waals surface area (Å²) in [7, 11) is 0. The maximum absolute atomic E-state index is 13.1. The van der Waals surface area contributed by atoms with E-state index in [0.29, 0.717) is 13.1 Å². The highest BCUT2D eigenvalue weighted by molar-refractivity contribution is 5.87. The first-order valence-electron chi connectivity index (χ1n) is 9.48. The van der Waals surface area contributed by atoms with Gasteiger partial charge in [0, 0.05) is 31.9 Å². The van der Waals surface area contributed by atoms with Gasteiger partial charge in [-0.25, -0.2) is 0 Å². The summed E-state index contributed by atoms with van der Waals surface area (Å²) >= 11 is 0. The van der Waals surface area contributed by atoms with Gasteiger partial charge in [0.25, 0.3) is 0 Å². The first-order valence-corrected chi connectivity index (χ1v) is 9.48. The lowest BCUT2D eigenvalue weighted by Gasteiger charge is -2.39.